The third-order valence-corrected chi connectivity index (χ3v) is 3.36. The van der Waals surface area contributed by atoms with Crippen LogP contribution in [-0.4, -0.2) is 26.0 Å². The minimum absolute atomic E-state index is 0.222. The molecule has 0 saturated carbocycles. The molecule has 22 heavy (non-hydrogen) atoms. The van der Waals surface area contributed by atoms with Crippen LogP contribution < -0.4 is 5.32 Å². The van der Waals surface area contributed by atoms with Crippen LogP contribution in [0.4, 0.5) is 0 Å². The van der Waals surface area contributed by atoms with Gasteiger partial charge in [0.15, 0.2) is 0 Å². The number of rotatable bonds is 3. The second-order valence-electron chi connectivity index (χ2n) is 5.08. The first-order valence-electron chi connectivity index (χ1n) is 6.86. The summed E-state index contributed by atoms with van der Waals surface area (Å²) in [6.45, 7) is 5.44. The predicted octanol–water partition coefficient (Wildman–Crippen LogP) is 2.12. The van der Waals surface area contributed by atoms with Gasteiger partial charge in [0.25, 0.3) is 11.6 Å². The van der Waals surface area contributed by atoms with E-state index in [0.29, 0.717) is 33.7 Å². The van der Waals surface area contributed by atoms with Crippen LogP contribution in [0, 0.1) is 13.8 Å². The number of fused-ring (bicyclic) bond motifs is 1. The molecule has 0 aliphatic rings. The van der Waals surface area contributed by atoms with Crippen molar-refractivity contribution in [3.05, 3.63) is 47.3 Å². The van der Waals surface area contributed by atoms with Crippen LogP contribution in [0.3, 0.4) is 0 Å². The van der Waals surface area contributed by atoms with E-state index in [1.165, 1.54) is 0 Å². The lowest BCUT2D eigenvalue weighted by Crippen LogP contribution is -2.27. The van der Waals surface area contributed by atoms with Crippen LogP contribution in [0.15, 0.2) is 29.2 Å². The zero-order chi connectivity index (χ0) is 15.7. The Labute approximate surface area is 126 Å². The predicted molar refractivity (Wildman–Crippen MR) is 79.2 cm³/mol. The lowest BCUT2D eigenvalue weighted by atomic mass is 10.1. The third kappa shape index (κ3) is 2.52. The van der Waals surface area contributed by atoms with Gasteiger partial charge in [0.05, 0.1) is 34.6 Å². The molecule has 0 aliphatic heterocycles. The highest BCUT2D eigenvalue weighted by Crippen LogP contribution is 2.22. The Morgan fingerprint density at radius 2 is 2.14 bits per heavy atom. The van der Waals surface area contributed by atoms with E-state index < -0.39 is 0 Å². The summed E-state index contributed by atoms with van der Waals surface area (Å²) in [5.74, 6) is -0.222. The fourth-order valence-electron chi connectivity index (χ4n) is 2.28. The quantitative estimate of drug-likeness (QED) is 0.795. The van der Waals surface area contributed by atoms with E-state index in [-0.39, 0.29) is 11.9 Å². The molecular formula is C15H15N5O2. The number of aryl methyl sites for hydroxylation is 2. The number of hydrogen-bond acceptors (Lipinski definition) is 6. The lowest BCUT2D eigenvalue weighted by Gasteiger charge is -2.13. The average Bonchev–Trinajstić information content (AvgIpc) is 2.88. The molecule has 3 heterocycles. The highest BCUT2D eigenvalue weighted by Gasteiger charge is 2.19. The van der Waals surface area contributed by atoms with Crippen molar-refractivity contribution in [2.24, 2.45) is 0 Å². The third-order valence-electron chi connectivity index (χ3n) is 3.36. The van der Waals surface area contributed by atoms with E-state index in [2.05, 4.69) is 25.4 Å². The summed E-state index contributed by atoms with van der Waals surface area (Å²) in [7, 11) is 0. The van der Waals surface area contributed by atoms with Gasteiger partial charge in [-0.1, -0.05) is 5.16 Å². The molecule has 0 unspecified atom stereocenters. The number of amides is 1. The molecule has 0 bridgehead atoms. The fraction of sp³-hybridized carbons (Fsp3) is 0.267. The molecule has 1 atom stereocenters. The summed E-state index contributed by atoms with van der Waals surface area (Å²) < 4.78 is 5.15. The largest absolute Gasteiger partial charge is 0.344 e. The van der Waals surface area contributed by atoms with Crippen molar-refractivity contribution in [1.82, 2.24) is 25.4 Å². The van der Waals surface area contributed by atoms with Gasteiger partial charge in [0.2, 0.25) is 0 Å². The van der Waals surface area contributed by atoms with Crippen LogP contribution in [0.2, 0.25) is 0 Å². The van der Waals surface area contributed by atoms with Gasteiger partial charge in [-0.3, -0.25) is 14.8 Å². The first-order valence-corrected chi connectivity index (χ1v) is 6.86. The van der Waals surface area contributed by atoms with Crippen molar-refractivity contribution in [1.29, 1.82) is 0 Å². The van der Waals surface area contributed by atoms with Crippen LogP contribution in [0.1, 0.15) is 40.4 Å². The van der Waals surface area contributed by atoms with Crippen LogP contribution in [-0.2, 0) is 0 Å². The zero-order valence-corrected chi connectivity index (χ0v) is 12.5. The monoisotopic (exact) mass is 297 g/mol. The van der Waals surface area contributed by atoms with Crippen molar-refractivity contribution in [3.63, 3.8) is 0 Å². The lowest BCUT2D eigenvalue weighted by molar-refractivity contribution is 0.0940. The normalized spacial score (nSPS) is 12.3. The van der Waals surface area contributed by atoms with Crippen LogP contribution >= 0.6 is 0 Å². The molecule has 0 fully saturated rings. The summed E-state index contributed by atoms with van der Waals surface area (Å²) in [5.41, 5.74) is 2.90. The molecular weight excluding hydrogens is 282 g/mol. The van der Waals surface area contributed by atoms with E-state index in [9.17, 15) is 4.79 Å². The molecule has 3 aromatic rings. The molecule has 0 spiro atoms. The van der Waals surface area contributed by atoms with Crippen molar-refractivity contribution < 1.29 is 9.32 Å². The SMILES string of the molecule is Cc1cc(C(=O)N[C@H](C)c2cnccn2)c2c(C)noc2n1. The number of carbonyl (C=O) groups is 1. The molecule has 0 aliphatic carbocycles. The Hall–Kier alpha value is -2.83. The van der Waals surface area contributed by atoms with Gasteiger partial charge in [0.1, 0.15) is 0 Å². The second kappa shape index (κ2) is 5.51. The summed E-state index contributed by atoms with van der Waals surface area (Å²) in [4.78, 5) is 25.0. The Morgan fingerprint density at radius 1 is 1.32 bits per heavy atom. The molecule has 0 aromatic carbocycles. The Balaban J connectivity index is 1.94. The van der Waals surface area contributed by atoms with Crippen molar-refractivity contribution in [2.75, 3.05) is 0 Å². The second-order valence-corrected chi connectivity index (χ2v) is 5.08. The Kier molecular flexibility index (Phi) is 3.54. The Morgan fingerprint density at radius 3 is 2.86 bits per heavy atom. The number of aromatic nitrogens is 4. The molecule has 1 amide bonds. The number of hydrogen-bond donors (Lipinski definition) is 1. The smallest absolute Gasteiger partial charge is 0.258 e. The Bertz CT molecular complexity index is 829. The van der Waals surface area contributed by atoms with Gasteiger partial charge in [0, 0.05) is 18.1 Å². The number of pyridine rings is 1. The highest BCUT2D eigenvalue weighted by molar-refractivity contribution is 6.06. The van der Waals surface area contributed by atoms with Gasteiger partial charge < -0.3 is 9.84 Å². The zero-order valence-electron chi connectivity index (χ0n) is 12.5. The number of carbonyl (C=O) groups excluding carboxylic acids is 1. The highest BCUT2D eigenvalue weighted by atomic mass is 16.5. The van der Waals surface area contributed by atoms with Crippen molar-refractivity contribution in [3.8, 4) is 0 Å². The summed E-state index contributed by atoms with van der Waals surface area (Å²) >= 11 is 0. The van der Waals surface area contributed by atoms with E-state index >= 15 is 0 Å². The summed E-state index contributed by atoms with van der Waals surface area (Å²) in [6.07, 6.45) is 4.81. The molecule has 0 saturated heterocycles. The maximum atomic E-state index is 12.6. The van der Waals surface area contributed by atoms with Gasteiger partial charge in [-0.15, -0.1) is 0 Å². The summed E-state index contributed by atoms with van der Waals surface area (Å²) in [6, 6.07) is 1.47. The standard InChI is InChI=1S/C15H15N5O2/c1-8-6-11(13-10(3)20-22-15(13)18-8)14(21)19-9(2)12-7-16-4-5-17-12/h4-7,9H,1-3H3,(H,19,21)/t9-/m1/s1. The minimum atomic E-state index is -0.259. The minimum Gasteiger partial charge on any atom is -0.344 e. The summed E-state index contributed by atoms with van der Waals surface area (Å²) in [5, 5.41) is 7.42. The van der Waals surface area contributed by atoms with E-state index in [1.54, 1.807) is 38.5 Å². The molecule has 7 nitrogen and oxygen atoms in total. The fourth-order valence-corrected chi connectivity index (χ4v) is 2.28. The van der Waals surface area contributed by atoms with Gasteiger partial charge >= 0.3 is 0 Å². The van der Waals surface area contributed by atoms with E-state index in [1.807, 2.05) is 6.92 Å². The first-order chi connectivity index (χ1) is 10.6. The molecule has 112 valence electrons. The van der Waals surface area contributed by atoms with Crippen LogP contribution in [0.25, 0.3) is 11.1 Å². The molecule has 1 N–H and O–H groups in total. The molecule has 3 rings (SSSR count). The van der Waals surface area contributed by atoms with E-state index in [0.717, 1.165) is 0 Å². The van der Waals surface area contributed by atoms with Gasteiger partial charge in [-0.05, 0) is 26.8 Å². The molecule has 0 radical (unpaired) electrons. The van der Waals surface area contributed by atoms with Crippen molar-refractivity contribution in [2.45, 2.75) is 26.8 Å². The topological polar surface area (TPSA) is 93.8 Å². The van der Waals surface area contributed by atoms with E-state index in [4.69, 9.17) is 4.52 Å². The number of nitrogens with zero attached hydrogens (tertiary/aromatic N) is 4. The van der Waals surface area contributed by atoms with Gasteiger partial charge in [-0.25, -0.2) is 4.98 Å². The maximum absolute atomic E-state index is 12.6. The number of nitrogens with one attached hydrogen (secondary N) is 1. The first kappa shape index (κ1) is 14.1. The molecule has 7 heteroatoms. The van der Waals surface area contributed by atoms with Gasteiger partial charge in [-0.2, -0.15) is 0 Å². The van der Waals surface area contributed by atoms with Crippen molar-refractivity contribution >= 4 is 17.0 Å². The van der Waals surface area contributed by atoms with Crippen LogP contribution in [0.5, 0.6) is 0 Å². The molecule has 3 aromatic heterocycles. The average molecular weight is 297 g/mol. The maximum Gasteiger partial charge on any atom is 0.258 e.